The predicted octanol–water partition coefficient (Wildman–Crippen LogP) is 3.34. The van der Waals surface area contributed by atoms with E-state index in [4.69, 9.17) is 9.84 Å². The molecule has 2 aromatic rings. The van der Waals surface area contributed by atoms with Crippen molar-refractivity contribution in [3.63, 3.8) is 0 Å². The van der Waals surface area contributed by atoms with Gasteiger partial charge in [-0.15, -0.1) is 0 Å². The van der Waals surface area contributed by atoms with Crippen molar-refractivity contribution in [3.05, 3.63) is 59.2 Å². The van der Waals surface area contributed by atoms with Crippen LogP contribution in [0, 0.1) is 13.8 Å². The largest absolute Gasteiger partial charge is 0.491 e. The number of hydrogen-bond donors (Lipinski definition) is 2. The summed E-state index contributed by atoms with van der Waals surface area (Å²) in [6, 6.07) is 13.8. The molecule has 0 saturated heterocycles. The van der Waals surface area contributed by atoms with Gasteiger partial charge >= 0.3 is 0 Å². The van der Waals surface area contributed by atoms with Crippen LogP contribution in [0.4, 0.5) is 5.69 Å². The Bertz CT molecular complexity index is 750. The van der Waals surface area contributed by atoms with E-state index < -0.39 is 0 Å². The Kier molecular flexibility index (Phi) is 4.58. The third-order valence-corrected chi connectivity index (χ3v) is 4.54. The summed E-state index contributed by atoms with van der Waals surface area (Å²) in [6.45, 7) is 4.22. The topological polar surface area (TPSA) is 58.6 Å². The molecular weight excluding hydrogens is 302 g/mol. The Hall–Kier alpha value is -2.33. The first-order valence-electron chi connectivity index (χ1n) is 8.28. The molecule has 0 atom stereocenters. The zero-order valence-electron chi connectivity index (χ0n) is 14.1. The third-order valence-electron chi connectivity index (χ3n) is 4.54. The van der Waals surface area contributed by atoms with E-state index >= 15 is 0 Å². The first-order valence-corrected chi connectivity index (χ1v) is 8.28. The maximum atomic E-state index is 12.8. The molecule has 1 fully saturated rings. The van der Waals surface area contributed by atoms with Crippen molar-refractivity contribution >= 4 is 11.6 Å². The highest BCUT2D eigenvalue weighted by Crippen LogP contribution is 2.49. The van der Waals surface area contributed by atoms with Gasteiger partial charge in [0.1, 0.15) is 12.4 Å². The fourth-order valence-electron chi connectivity index (χ4n) is 3.01. The first-order chi connectivity index (χ1) is 11.5. The number of benzene rings is 2. The molecule has 4 heteroatoms. The molecule has 2 aromatic carbocycles. The van der Waals surface area contributed by atoms with Crippen LogP contribution in [0.1, 0.15) is 29.5 Å². The second kappa shape index (κ2) is 6.65. The number of hydrogen-bond acceptors (Lipinski definition) is 3. The van der Waals surface area contributed by atoms with E-state index in [1.54, 1.807) is 0 Å². The standard InChI is InChI=1S/C20H23NO3/c1-14-4-3-5-16(12-14)20(8-9-20)19(23)21-17-6-7-18(15(2)13-17)24-11-10-22/h3-7,12-13,22H,8-11H2,1-2H3,(H,21,23). The quantitative estimate of drug-likeness (QED) is 0.856. The van der Waals surface area contributed by atoms with Gasteiger partial charge in [-0.3, -0.25) is 4.79 Å². The molecular formula is C20H23NO3. The number of aliphatic hydroxyl groups excluding tert-OH is 1. The lowest BCUT2D eigenvalue weighted by atomic mass is 9.93. The van der Waals surface area contributed by atoms with Crippen LogP contribution in [0.5, 0.6) is 5.75 Å². The molecule has 4 nitrogen and oxygen atoms in total. The number of rotatable bonds is 6. The fraction of sp³-hybridized carbons (Fsp3) is 0.350. The van der Waals surface area contributed by atoms with Gasteiger partial charge in [0.25, 0.3) is 0 Å². The molecule has 0 radical (unpaired) electrons. The van der Waals surface area contributed by atoms with Crippen LogP contribution in [0.15, 0.2) is 42.5 Å². The highest BCUT2D eigenvalue weighted by Gasteiger charge is 2.51. The predicted molar refractivity (Wildman–Crippen MR) is 94.5 cm³/mol. The molecule has 0 heterocycles. The van der Waals surface area contributed by atoms with Crippen molar-refractivity contribution in [2.24, 2.45) is 0 Å². The number of carbonyl (C=O) groups is 1. The Morgan fingerprint density at radius 3 is 2.62 bits per heavy atom. The van der Waals surface area contributed by atoms with E-state index in [-0.39, 0.29) is 24.5 Å². The van der Waals surface area contributed by atoms with Crippen molar-refractivity contribution in [1.29, 1.82) is 0 Å². The van der Waals surface area contributed by atoms with E-state index in [1.165, 1.54) is 5.56 Å². The van der Waals surface area contributed by atoms with Crippen LogP contribution in [-0.4, -0.2) is 24.2 Å². The molecule has 0 unspecified atom stereocenters. The highest BCUT2D eigenvalue weighted by molar-refractivity contribution is 6.01. The zero-order valence-corrected chi connectivity index (χ0v) is 14.1. The van der Waals surface area contributed by atoms with Gasteiger partial charge in [0.2, 0.25) is 5.91 Å². The monoisotopic (exact) mass is 325 g/mol. The lowest BCUT2D eigenvalue weighted by Crippen LogP contribution is -2.27. The Balaban J connectivity index is 1.74. The number of anilines is 1. The maximum Gasteiger partial charge on any atom is 0.235 e. The fourth-order valence-corrected chi connectivity index (χ4v) is 3.01. The maximum absolute atomic E-state index is 12.8. The Labute approximate surface area is 142 Å². The third kappa shape index (κ3) is 3.29. The van der Waals surface area contributed by atoms with E-state index in [0.29, 0.717) is 0 Å². The minimum atomic E-state index is -0.383. The van der Waals surface area contributed by atoms with E-state index in [2.05, 4.69) is 11.4 Å². The van der Waals surface area contributed by atoms with E-state index in [0.717, 1.165) is 35.4 Å². The lowest BCUT2D eigenvalue weighted by Gasteiger charge is -2.17. The second-order valence-electron chi connectivity index (χ2n) is 6.46. The number of aryl methyl sites for hydroxylation is 2. The lowest BCUT2D eigenvalue weighted by molar-refractivity contribution is -0.118. The molecule has 1 aliphatic carbocycles. The molecule has 2 N–H and O–H groups in total. The molecule has 0 aliphatic heterocycles. The number of carbonyl (C=O) groups excluding carboxylic acids is 1. The minimum Gasteiger partial charge on any atom is -0.491 e. The molecule has 1 amide bonds. The molecule has 126 valence electrons. The first kappa shape index (κ1) is 16.5. The summed E-state index contributed by atoms with van der Waals surface area (Å²) in [4.78, 5) is 12.8. The molecule has 0 aromatic heterocycles. The van der Waals surface area contributed by atoms with Crippen LogP contribution in [-0.2, 0) is 10.2 Å². The molecule has 1 saturated carbocycles. The van der Waals surface area contributed by atoms with Crippen molar-refractivity contribution < 1.29 is 14.6 Å². The average Bonchev–Trinajstić information content (AvgIpc) is 3.36. The summed E-state index contributed by atoms with van der Waals surface area (Å²) in [5.74, 6) is 0.776. The smallest absolute Gasteiger partial charge is 0.235 e. The number of ether oxygens (including phenoxy) is 1. The number of nitrogens with one attached hydrogen (secondary N) is 1. The van der Waals surface area contributed by atoms with Gasteiger partial charge in [0, 0.05) is 5.69 Å². The highest BCUT2D eigenvalue weighted by atomic mass is 16.5. The van der Waals surface area contributed by atoms with Crippen molar-refractivity contribution in [3.8, 4) is 5.75 Å². The molecule has 24 heavy (non-hydrogen) atoms. The molecule has 0 spiro atoms. The minimum absolute atomic E-state index is 0.0169. The Morgan fingerprint density at radius 1 is 1.21 bits per heavy atom. The summed E-state index contributed by atoms with van der Waals surface area (Å²) in [6.07, 6.45) is 1.78. The van der Waals surface area contributed by atoms with Crippen molar-refractivity contribution in [2.45, 2.75) is 32.1 Å². The number of amides is 1. The van der Waals surface area contributed by atoms with E-state index in [9.17, 15) is 4.79 Å². The number of aliphatic hydroxyl groups is 1. The van der Waals surface area contributed by atoms with E-state index in [1.807, 2.05) is 50.2 Å². The Morgan fingerprint density at radius 2 is 2.00 bits per heavy atom. The van der Waals surface area contributed by atoms with Gasteiger partial charge in [-0.25, -0.2) is 0 Å². The van der Waals surface area contributed by atoms with Gasteiger partial charge in [0.05, 0.1) is 12.0 Å². The summed E-state index contributed by atoms with van der Waals surface area (Å²) < 4.78 is 5.45. The summed E-state index contributed by atoms with van der Waals surface area (Å²) in [5, 5.41) is 11.9. The van der Waals surface area contributed by atoms with Gasteiger partial charge < -0.3 is 15.2 Å². The van der Waals surface area contributed by atoms with Gasteiger partial charge in [-0.05, 0) is 56.0 Å². The SMILES string of the molecule is Cc1cccc(C2(C(=O)Nc3ccc(OCCO)c(C)c3)CC2)c1. The molecule has 0 bridgehead atoms. The summed E-state index contributed by atoms with van der Waals surface area (Å²) >= 11 is 0. The average molecular weight is 325 g/mol. The van der Waals surface area contributed by atoms with Crippen molar-refractivity contribution in [2.75, 3.05) is 18.5 Å². The normalized spacial score (nSPS) is 15.0. The zero-order chi connectivity index (χ0) is 17.2. The van der Waals surface area contributed by atoms with Crippen LogP contribution in [0.25, 0.3) is 0 Å². The van der Waals surface area contributed by atoms with Gasteiger partial charge in [-0.2, -0.15) is 0 Å². The van der Waals surface area contributed by atoms with Gasteiger partial charge in [-0.1, -0.05) is 29.8 Å². The van der Waals surface area contributed by atoms with Crippen LogP contribution in [0.2, 0.25) is 0 Å². The molecule has 1 aliphatic rings. The summed E-state index contributed by atoms with van der Waals surface area (Å²) in [5.41, 5.74) is 3.59. The van der Waals surface area contributed by atoms with Crippen LogP contribution in [0.3, 0.4) is 0 Å². The summed E-state index contributed by atoms with van der Waals surface area (Å²) in [7, 11) is 0. The molecule has 3 rings (SSSR count). The van der Waals surface area contributed by atoms with Gasteiger partial charge in [0.15, 0.2) is 0 Å². The van der Waals surface area contributed by atoms with Crippen molar-refractivity contribution in [1.82, 2.24) is 0 Å². The van der Waals surface area contributed by atoms with Crippen LogP contribution >= 0.6 is 0 Å². The van der Waals surface area contributed by atoms with Crippen LogP contribution < -0.4 is 10.1 Å². The second-order valence-corrected chi connectivity index (χ2v) is 6.46.